The van der Waals surface area contributed by atoms with Crippen LogP contribution in [0.25, 0.3) is 0 Å². The van der Waals surface area contributed by atoms with E-state index in [4.69, 9.17) is 14.2 Å². The molecule has 4 rings (SSSR count). The Morgan fingerprint density at radius 1 is 1.17 bits per heavy atom. The zero-order chi connectivity index (χ0) is 21.3. The van der Waals surface area contributed by atoms with Gasteiger partial charge in [0.1, 0.15) is 5.75 Å². The number of nitrogens with one attached hydrogen (secondary N) is 1. The summed E-state index contributed by atoms with van der Waals surface area (Å²) in [6.07, 6.45) is 1.25. The van der Waals surface area contributed by atoms with Gasteiger partial charge >= 0.3 is 0 Å². The van der Waals surface area contributed by atoms with Gasteiger partial charge in [-0.25, -0.2) is 8.42 Å². The lowest BCUT2D eigenvalue weighted by Crippen LogP contribution is -2.43. The first-order valence-corrected chi connectivity index (χ1v) is 11.2. The predicted molar refractivity (Wildman–Crippen MR) is 110 cm³/mol. The molecule has 2 aromatic rings. The summed E-state index contributed by atoms with van der Waals surface area (Å²) in [5, 5.41) is 2.86. The number of nitrogens with zero attached hydrogens (tertiary/aromatic N) is 1. The molecule has 0 bridgehead atoms. The van der Waals surface area contributed by atoms with Gasteiger partial charge in [-0.3, -0.25) is 4.79 Å². The second kappa shape index (κ2) is 8.16. The molecule has 160 valence electrons. The van der Waals surface area contributed by atoms with Crippen LogP contribution in [-0.4, -0.2) is 45.6 Å². The number of carbonyl (C=O) groups is 1. The topological polar surface area (TPSA) is 94.2 Å². The van der Waals surface area contributed by atoms with E-state index in [0.29, 0.717) is 42.3 Å². The van der Waals surface area contributed by atoms with E-state index in [1.54, 1.807) is 44.4 Å². The average molecular weight is 432 g/mol. The van der Waals surface area contributed by atoms with Gasteiger partial charge in [0.15, 0.2) is 11.5 Å². The predicted octanol–water partition coefficient (Wildman–Crippen LogP) is 2.77. The summed E-state index contributed by atoms with van der Waals surface area (Å²) >= 11 is 0. The lowest BCUT2D eigenvalue weighted by molar-refractivity contribution is -0.120. The SMILES string of the molecule is COc1ccc(S(=O)(=O)N2CCC[C@H](C(=O)Nc3ccc4c(c3)OCO4)C2)cc1C. The van der Waals surface area contributed by atoms with Crippen molar-refractivity contribution in [1.29, 1.82) is 0 Å². The summed E-state index contributed by atoms with van der Waals surface area (Å²) < 4.78 is 43.4. The van der Waals surface area contributed by atoms with E-state index in [2.05, 4.69) is 5.32 Å². The van der Waals surface area contributed by atoms with E-state index in [1.807, 2.05) is 0 Å². The number of carbonyl (C=O) groups excluding carboxylic acids is 1. The largest absolute Gasteiger partial charge is 0.496 e. The summed E-state index contributed by atoms with van der Waals surface area (Å²) in [5.74, 6) is 1.21. The molecule has 2 aromatic carbocycles. The number of hydrogen-bond donors (Lipinski definition) is 1. The summed E-state index contributed by atoms with van der Waals surface area (Å²) in [4.78, 5) is 13.0. The zero-order valence-electron chi connectivity index (χ0n) is 16.9. The number of benzene rings is 2. The molecule has 1 amide bonds. The Bertz CT molecular complexity index is 1070. The second-order valence-electron chi connectivity index (χ2n) is 7.39. The van der Waals surface area contributed by atoms with Crippen molar-refractivity contribution in [3.8, 4) is 17.2 Å². The number of aryl methyl sites for hydroxylation is 1. The van der Waals surface area contributed by atoms with Crippen LogP contribution >= 0.6 is 0 Å². The fourth-order valence-corrected chi connectivity index (χ4v) is 5.36. The molecule has 1 saturated heterocycles. The maximum absolute atomic E-state index is 13.1. The number of piperidine rings is 1. The highest BCUT2D eigenvalue weighted by Gasteiger charge is 2.33. The number of rotatable bonds is 5. The van der Waals surface area contributed by atoms with Crippen molar-refractivity contribution < 1.29 is 27.4 Å². The van der Waals surface area contributed by atoms with Crippen molar-refractivity contribution in [2.75, 3.05) is 32.3 Å². The number of fused-ring (bicyclic) bond motifs is 1. The highest BCUT2D eigenvalue weighted by atomic mass is 32.2. The van der Waals surface area contributed by atoms with Crippen LogP contribution in [0.4, 0.5) is 5.69 Å². The van der Waals surface area contributed by atoms with E-state index >= 15 is 0 Å². The van der Waals surface area contributed by atoms with Crippen LogP contribution < -0.4 is 19.5 Å². The normalized spacial score (nSPS) is 18.8. The molecule has 0 saturated carbocycles. The molecular formula is C21H24N2O6S. The fourth-order valence-electron chi connectivity index (χ4n) is 3.75. The molecule has 30 heavy (non-hydrogen) atoms. The van der Waals surface area contributed by atoms with Gasteiger partial charge in [-0.15, -0.1) is 0 Å². The highest BCUT2D eigenvalue weighted by Crippen LogP contribution is 2.34. The van der Waals surface area contributed by atoms with E-state index < -0.39 is 15.9 Å². The van der Waals surface area contributed by atoms with Crippen molar-refractivity contribution in [3.05, 3.63) is 42.0 Å². The first-order chi connectivity index (χ1) is 14.4. The Balaban J connectivity index is 1.47. The molecule has 0 radical (unpaired) electrons. The van der Waals surface area contributed by atoms with Gasteiger partial charge in [-0.05, 0) is 55.7 Å². The maximum atomic E-state index is 13.1. The van der Waals surface area contributed by atoms with Gasteiger partial charge in [0.2, 0.25) is 22.7 Å². The van der Waals surface area contributed by atoms with E-state index in [0.717, 1.165) is 5.56 Å². The van der Waals surface area contributed by atoms with Crippen molar-refractivity contribution in [2.24, 2.45) is 5.92 Å². The molecule has 0 spiro atoms. The summed E-state index contributed by atoms with van der Waals surface area (Å²) in [6.45, 7) is 2.49. The van der Waals surface area contributed by atoms with Crippen LogP contribution in [0, 0.1) is 12.8 Å². The van der Waals surface area contributed by atoms with E-state index in [9.17, 15) is 13.2 Å². The minimum Gasteiger partial charge on any atom is -0.496 e. The summed E-state index contributed by atoms with van der Waals surface area (Å²) in [6, 6.07) is 9.97. The van der Waals surface area contributed by atoms with Crippen LogP contribution in [0.2, 0.25) is 0 Å². The van der Waals surface area contributed by atoms with Gasteiger partial charge in [-0.1, -0.05) is 0 Å². The van der Waals surface area contributed by atoms with Crippen LogP contribution in [0.5, 0.6) is 17.2 Å². The zero-order valence-corrected chi connectivity index (χ0v) is 17.7. The molecule has 9 heteroatoms. The first-order valence-electron chi connectivity index (χ1n) is 9.74. The van der Waals surface area contributed by atoms with Crippen molar-refractivity contribution in [3.63, 3.8) is 0 Å². The maximum Gasteiger partial charge on any atom is 0.243 e. The molecule has 1 atom stereocenters. The molecule has 8 nitrogen and oxygen atoms in total. The molecule has 0 aromatic heterocycles. The number of sulfonamides is 1. The standard InChI is InChI=1S/C21H24N2O6S/c1-14-10-17(6-8-18(14)27-2)30(25,26)23-9-3-4-15(12-23)21(24)22-16-5-7-19-20(11-16)29-13-28-19/h5-8,10-11,15H,3-4,9,12-13H2,1-2H3,(H,22,24)/t15-/m0/s1. The molecule has 1 fully saturated rings. The quantitative estimate of drug-likeness (QED) is 0.781. The second-order valence-corrected chi connectivity index (χ2v) is 9.33. The lowest BCUT2D eigenvalue weighted by Gasteiger charge is -2.31. The van der Waals surface area contributed by atoms with E-state index in [-0.39, 0.29) is 24.1 Å². The van der Waals surface area contributed by atoms with Gasteiger partial charge in [0.25, 0.3) is 0 Å². The number of ether oxygens (including phenoxy) is 3. The fraction of sp³-hybridized carbons (Fsp3) is 0.381. The third-order valence-corrected chi connectivity index (χ3v) is 7.26. The summed E-state index contributed by atoms with van der Waals surface area (Å²) in [7, 11) is -2.15. The van der Waals surface area contributed by atoms with Crippen molar-refractivity contribution >= 4 is 21.6 Å². The first kappa shape index (κ1) is 20.5. The average Bonchev–Trinajstić information content (AvgIpc) is 3.21. The Morgan fingerprint density at radius 2 is 1.97 bits per heavy atom. The third-order valence-electron chi connectivity index (χ3n) is 5.40. The summed E-state index contributed by atoms with van der Waals surface area (Å²) in [5.41, 5.74) is 1.34. The van der Waals surface area contributed by atoms with Crippen molar-refractivity contribution in [2.45, 2.75) is 24.7 Å². The Kier molecular flexibility index (Phi) is 5.57. The molecule has 2 aliphatic heterocycles. The van der Waals surface area contributed by atoms with Crippen LogP contribution in [0.15, 0.2) is 41.3 Å². The third kappa shape index (κ3) is 3.95. The molecule has 0 unspecified atom stereocenters. The van der Waals surface area contributed by atoms with Gasteiger partial charge in [0, 0.05) is 24.8 Å². The number of methoxy groups -OCH3 is 1. The Hall–Kier alpha value is -2.78. The number of anilines is 1. The molecule has 1 N–H and O–H groups in total. The monoisotopic (exact) mass is 432 g/mol. The van der Waals surface area contributed by atoms with Gasteiger partial charge < -0.3 is 19.5 Å². The van der Waals surface area contributed by atoms with Crippen LogP contribution in [0.1, 0.15) is 18.4 Å². The lowest BCUT2D eigenvalue weighted by atomic mass is 9.98. The molecule has 2 heterocycles. The minimum atomic E-state index is -3.70. The minimum absolute atomic E-state index is 0.143. The van der Waals surface area contributed by atoms with Crippen LogP contribution in [0.3, 0.4) is 0 Å². The number of amides is 1. The Labute approximate surface area is 175 Å². The molecular weight excluding hydrogens is 408 g/mol. The number of hydrogen-bond acceptors (Lipinski definition) is 6. The smallest absolute Gasteiger partial charge is 0.243 e. The van der Waals surface area contributed by atoms with E-state index in [1.165, 1.54) is 10.4 Å². The van der Waals surface area contributed by atoms with Crippen molar-refractivity contribution in [1.82, 2.24) is 4.31 Å². The van der Waals surface area contributed by atoms with Gasteiger partial charge in [0.05, 0.1) is 17.9 Å². The molecule has 2 aliphatic rings. The Morgan fingerprint density at radius 3 is 2.73 bits per heavy atom. The van der Waals surface area contributed by atoms with Gasteiger partial charge in [-0.2, -0.15) is 4.31 Å². The van der Waals surface area contributed by atoms with Crippen LogP contribution in [-0.2, 0) is 14.8 Å². The molecule has 0 aliphatic carbocycles. The highest BCUT2D eigenvalue weighted by molar-refractivity contribution is 7.89.